The Morgan fingerprint density at radius 3 is 2.38 bits per heavy atom. The van der Waals surface area contributed by atoms with Crippen LogP contribution in [0.1, 0.15) is 6.92 Å². The molecule has 0 spiro atoms. The van der Waals surface area contributed by atoms with Gasteiger partial charge in [0, 0.05) is 5.69 Å². The van der Waals surface area contributed by atoms with Crippen molar-refractivity contribution in [2.75, 3.05) is 12.4 Å². The second kappa shape index (κ2) is 7.33. The Kier molecular flexibility index (Phi) is 6.88. The van der Waals surface area contributed by atoms with Crippen LogP contribution in [-0.4, -0.2) is 12.9 Å². The van der Waals surface area contributed by atoms with Gasteiger partial charge in [0.05, 0.1) is 7.11 Å². The maximum atomic E-state index is 11.2. The average Bonchev–Trinajstić information content (AvgIpc) is 2.17. The second-order valence-corrected chi connectivity index (χ2v) is 2.97. The maximum absolute atomic E-state index is 11.2. The van der Waals surface area contributed by atoms with E-state index in [0.29, 0.717) is 11.4 Å². The molecule has 0 aliphatic heterocycles. The predicted molar refractivity (Wildman–Crippen MR) is 55.4 cm³/mol. The summed E-state index contributed by atoms with van der Waals surface area (Å²) in [6.07, 6.45) is 1.00. The first kappa shape index (κ1) is 15.0. The van der Waals surface area contributed by atoms with Gasteiger partial charge in [-0.25, -0.2) is 0 Å². The summed E-state index contributed by atoms with van der Waals surface area (Å²) < 4.78 is 4.96. The number of methoxy groups -OCH3 is 1. The van der Waals surface area contributed by atoms with Crippen molar-refractivity contribution in [2.24, 2.45) is 0 Å². The van der Waals surface area contributed by atoms with Crippen LogP contribution in [0.3, 0.4) is 0 Å². The number of hydrogen-bond donors (Lipinski definition) is 1. The van der Waals surface area contributed by atoms with E-state index in [4.69, 9.17) is 4.74 Å². The van der Waals surface area contributed by atoms with Crippen molar-refractivity contribution in [1.29, 1.82) is 0 Å². The molecule has 0 saturated heterocycles. The standard InChI is InChI=1S/C11H13NO3.Na/c1-8(13)7-11(14)12-9-3-5-10(15-2)6-4-9;/h3-7,12,14H,1-2H3;/q;+1/p-1/b11-7-;. The molecule has 0 unspecified atom stereocenters. The van der Waals surface area contributed by atoms with Crippen LogP contribution in [-0.2, 0) is 4.79 Å². The van der Waals surface area contributed by atoms with Crippen LogP contribution in [0.25, 0.3) is 0 Å². The zero-order valence-electron chi connectivity index (χ0n) is 9.61. The molecule has 4 nitrogen and oxygen atoms in total. The van der Waals surface area contributed by atoms with Gasteiger partial charge in [-0.2, -0.15) is 0 Å². The minimum atomic E-state index is -0.423. The van der Waals surface area contributed by atoms with Crippen molar-refractivity contribution in [3.8, 4) is 5.75 Å². The zero-order valence-corrected chi connectivity index (χ0v) is 11.6. The summed E-state index contributed by atoms with van der Waals surface area (Å²) in [7, 11) is 1.57. The van der Waals surface area contributed by atoms with Gasteiger partial charge in [0.15, 0.2) is 5.78 Å². The molecule has 0 atom stereocenters. The monoisotopic (exact) mass is 229 g/mol. The van der Waals surface area contributed by atoms with Crippen LogP contribution in [0.4, 0.5) is 5.69 Å². The summed E-state index contributed by atoms with van der Waals surface area (Å²) in [6.45, 7) is 1.33. The smallest absolute Gasteiger partial charge is 0.860 e. The first-order valence-corrected chi connectivity index (χ1v) is 4.42. The van der Waals surface area contributed by atoms with Gasteiger partial charge in [-0.3, -0.25) is 4.79 Å². The summed E-state index contributed by atoms with van der Waals surface area (Å²) in [4.78, 5) is 10.6. The summed E-state index contributed by atoms with van der Waals surface area (Å²) >= 11 is 0. The third-order valence-corrected chi connectivity index (χ3v) is 1.69. The number of rotatable bonds is 4. The molecule has 1 aromatic rings. The number of anilines is 1. The molecule has 0 aromatic heterocycles. The fourth-order valence-electron chi connectivity index (χ4n) is 1.04. The molecule has 16 heavy (non-hydrogen) atoms. The summed E-state index contributed by atoms with van der Waals surface area (Å²) in [5, 5.41) is 13.7. The normalized spacial score (nSPS) is 10.2. The second-order valence-electron chi connectivity index (χ2n) is 2.97. The van der Waals surface area contributed by atoms with Gasteiger partial charge < -0.3 is 15.2 Å². The fourth-order valence-corrected chi connectivity index (χ4v) is 1.04. The van der Waals surface area contributed by atoms with Gasteiger partial charge in [-0.05, 0) is 43.1 Å². The van der Waals surface area contributed by atoms with Crippen molar-refractivity contribution in [2.45, 2.75) is 6.92 Å². The summed E-state index contributed by atoms with van der Waals surface area (Å²) in [6, 6.07) is 6.85. The SMILES string of the molecule is COc1ccc(N/C([O-])=C/C(C)=O)cc1.[Na+]. The molecule has 1 aromatic carbocycles. The average molecular weight is 229 g/mol. The quantitative estimate of drug-likeness (QED) is 0.365. The van der Waals surface area contributed by atoms with Crippen molar-refractivity contribution in [3.05, 3.63) is 36.2 Å². The van der Waals surface area contributed by atoms with Gasteiger partial charge in [-0.1, -0.05) is 0 Å². The van der Waals surface area contributed by atoms with Crippen molar-refractivity contribution < 1.29 is 44.2 Å². The Morgan fingerprint density at radius 2 is 1.94 bits per heavy atom. The molecular weight excluding hydrogens is 217 g/mol. The van der Waals surface area contributed by atoms with E-state index in [1.807, 2.05) is 0 Å². The van der Waals surface area contributed by atoms with E-state index in [1.54, 1.807) is 31.4 Å². The number of ketones is 1. The number of carbonyl (C=O) groups is 1. The van der Waals surface area contributed by atoms with E-state index >= 15 is 0 Å². The molecule has 1 rings (SSSR count). The fraction of sp³-hybridized carbons (Fsp3) is 0.182. The minimum absolute atomic E-state index is 0. The van der Waals surface area contributed by atoms with Gasteiger partial charge in [0.2, 0.25) is 0 Å². The van der Waals surface area contributed by atoms with E-state index in [-0.39, 0.29) is 35.3 Å². The number of benzene rings is 1. The summed E-state index contributed by atoms with van der Waals surface area (Å²) in [5.74, 6) is 0.0113. The van der Waals surface area contributed by atoms with Crippen LogP contribution in [0.5, 0.6) is 5.75 Å². The molecule has 0 saturated carbocycles. The molecule has 0 aliphatic carbocycles. The van der Waals surface area contributed by atoms with Crippen molar-refractivity contribution in [3.63, 3.8) is 0 Å². The zero-order chi connectivity index (χ0) is 11.3. The first-order valence-electron chi connectivity index (χ1n) is 4.42. The van der Waals surface area contributed by atoms with E-state index in [0.717, 1.165) is 6.08 Å². The minimum Gasteiger partial charge on any atom is -0.860 e. The number of allylic oxidation sites excluding steroid dienone is 1. The Balaban J connectivity index is 0.00000225. The largest absolute Gasteiger partial charge is 1.00 e. The van der Waals surface area contributed by atoms with E-state index in [1.165, 1.54) is 6.92 Å². The van der Waals surface area contributed by atoms with Gasteiger partial charge in [-0.15, -0.1) is 0 Å². The number of hydrogen-bond acceptors (Lipinski definition) is 4. The Bertz CT molecular complexity index is 373. The third kappa shape index (κ3) is 5.21. The van der Waals surface area contributed by atoms with Crippen LogP contribution in [0, 0.1) is 0 Å². The Labute approximate surface area is 117 Å². The maximum Gasteiger partial charge on any atom is 1.00 e. The molecule has 0 heterocycles. The molecular formula is C11H12NNaO3. The first-order chi connectivity index (χ1) is 7.11. The predicted octanol–water partition coefficient (Wildman–Crippen LogP) is -2.10. The van der Waals surface area contributed by atoms with Gasteiger partial charge in [0.25, 0.3) is 0 Å². The Morgan fingerprint density at radius 1 is 1.38 bits per heavy atom. The third-order valence-electron chi connectivity index (χ3n) is 1.69. The number of carbonyl (C=O) groups excluding carboxylic acids is 1. The van der Waals surface area contributed by atoms with Crippen LogP contribution in [0.15, 0.2) is 36.2 Å². The number of nitrogens with one attached hydrogen (secondary N) is 1. The van der Waals surface area contributed by atoms with E-state index in [9.17, 15) is 9.90 Å². The van der Waals surface area contributed by atoms with Crippen LogP contribution >= 0.6 is 0 Å². The van der Waals surface area contributed by atoms with Crippen LogP contribution < -0.4 is 44.7 Å². The van der Waals surface area contributed by atoms with Gasteiger partial charge >= 0.3 is 29.6 Å². The van der Waals surface area contributed by atoms with E-state index < -0.39 is 5.88 Å². The number of ether oxygens (including phenoxy) is 1. The summed E-state index contributed by atoms with van der Waals surface area (Å²) in [5.41, 5.74) is 0.623. The molecule has 0 aliphatic rings. The molecule has 0 bridgehead atoms. The molecule has 0 amide bonds. The molecule has 5 heteroatoms. The molecule has 80 valence electrons. The van der Waals surface area contributed by atoms with Crippen molar-refractivity contribution in [1.82, 2.24) is 0 Å². The van der Waals surface area contributed by atoms with Crippen molar-refractivity contribution >= 4 is 11.5 Å². The molecule has 0 fully saturated rings. The van der Waals surface area contributed by atoms with E-state index in [2.05, 4.69) is 5.32 Å². The topological polar surface area (TPSA) is 61.4 Å². The molecule has 1 N–H and O–H groups in total. The van der Waals surface area contributed by atoms with Crippen LogP contribution in [0.2, 0.25) is 0 Å². The Hall–Kier alpha value is -0.970. The van der Waals surface area contributed by atoms with Gasteiger partial charge in [0.1, 0.15) is 5.75 Å². The molecule has 0 radical (unpaired) electrons.